The van der Waals surface area contributed by atoms with Gasteiger partial charge in [-0.25, -0.2) is 18.3 Å². The summed E-state index contributed by atoms with van der Waals surface area (Å²) in [6.45, 7) is 1.42. The van der Waals surface area contributed by atoms with Crippen molar-refractivity contribution in [1.29, 1.82) is 0 Å². The third-order valence-electron chi connectivity index (χ3n) is 7.93. The van der Waals surface area contributed by atoms with Crippen molar-refractivity contribution < 1.29 is 52.1 Å². The molecule has 2 fully saturated rings. The van der Waals surface area contributed by atoms with E-state index in [0.29, 0.717) is 18.5 Å². The molecule has 0 aliphatic carbocycles. The Hall–Kier alpha value is -5.29. The molecule has 0 spiro atoms. The first-order chi connectivity index (χ1) is 23.5. The molecule has 16 nitrogen and oxygen atoms in total. The van der Waals surface area contributed by atoms with Crippen LogP contribution in [0.25, 0.3) is 5.69 Å². The molecule has 266 valence electrons. The molecule has 2 aliphatic heterocycles. The predicted molar refractivity (Wildman–Crippen MR) is 166 cm³/mol. The summed E-state index contributed by atoms with van der Waals surface area (Å²) in [6.07, 6.45) is -3.07. The second-order valence-electron chi connectivity index (χ2n) is 11.3. The number of rotatable bonds is 14. The number of aromatic nitrogens is 2. The van der Waals surface area contributed by atoms with Gasteiger partial charge in [0.25, 0.3) is 18.2 Å². The number of carbonyl (C=O) groups excluding carboxylic acids is 5. The summed E-state index contributed by atoms with van der Waals surface area (Å²) in [7, 11) is 0. The Morgan fingerprint density at radius 2 is 1.71 bits per heavy atom. The molecule has 2 aromatic rings. The summed E-state index contributed by atoms with van der Waals surface area (Å²) in [4.78, 5) is 80.0. The van der Waals surface area contributed by atoms with Crippen LogP contribution in [0.2, 0.25) is 0 Å². The summed E-state index contributed by atoms with van der Waals surface area (Å²) in [5, 5.41) is 18.3. The number of piperazine rings is 1. The zero-order valence-corrected chi connectivity index (χ0v) is 26.9. The zero-order valence-electron chi connectivity index (χ0n) is 26.9. The van der Waals surface area contributed by atoms with Gasteiger partial charge in [-0.3, -0.25) is 24.0 Å². The number of nitrogens with one attached hydrogen (secondary N) is 2. The SMILES string of the molecule is CCOC(=O)N1CCN(C(=O)[C@H](CCC(=O)O)NC(=O)c2cc(OCC(=O)N3CCC[C@H]3C(=O)NCC(F)F)n(-c3ccccc3)n2)CC1. The summed E-state index contributed by atoms with van der Waals surface area (Å²) in [6, 6.07) is 7.61. The summed E-state index contributed by atoms with van der Waals surface area (Å²) >= 11 is 0. The van der Waals surface area contributed by atoms with Crippen LogP contribution in [0.1, 0.15) is 43.1 Å². The average Bonchev–Trinajstić information content (AvgIpc) is 3.76. The van der Waals surface area contributed by atoms with Gasteiger partial charge in [-0.1, -0.05) is 18.2 Å². The minimum absolute atomic E-state index is 0.0221. The van der Waals surface area contributed by atoms with Gasteiger partial charge < -0.3 is 39.9 Å². The highest BCUT2D eigenvalue weighted by molar-refractivity contribution is 5.96. The fraction of sp³-hybridized carbons (Fsp3) is 0.516. The molecule has 0 radical (unpaired) electrons. The molecule has 2 atom stereocenters. The Kier molecular flexibility index (Phi) is 12.8. The van der Waals surface area contributed by atoms with Gasteiger partial charge in [-0.05, 0) is 38.3 Å². The molecule has 49 heavy (non-hydrogen) atoms. The van der Waals surface area contributed by atoms with E-state index in [1.165, 1.54) is 25.4 Å². The van der Waals surface area contributed by atoms with Gasteiger partial charge in [0, 0.05) is 45.2 Å². The van der Waals surface area contributed by atoms with Crippen LogP contribution in [-0.2, 0) is 23.9 Å². The van der Waals surface area contributed by atoms with Gasteiger partial charge in [0.1, 0.15) is 12.1 Å². The van der Waals surface area contributed by atoms with Crippen molar-refractivity contribution in [3.8, 4) is 11.6 Å². The van der Waals surface area contributed by atoms with Gasteiger partial charge in [-0.2, -0.15) is 5.10 Å². The molecule has 2 saturated heterocycles. The quantitative estimate of drug-likeness (QED) is 0.256. The number of carboxylic acid groups (broad SMARTS) is 1. The summed E-state index contributed by atoms with van der Waals surface area (Å²) < 4.78 is 37.2. The number of amides is 5. The van der Waals surface area contributed by atoms with Crippen molar-refractivity contribution >= 4 is 35.7 Å². The van der Waals surface area contributed by atoms with Crippen LogP contribution in [0.4, 0.5) is 13.6 Å². The standard InChI is InChI=1S/C31H39F2N7O9/c1-2-48-31(47)38-15-13-37(14-16-38)30(46)21(10-11-27(42)43)35-28(44)22-17-26(40(36-22)20-7-4-3-5-8-20)49-19-25(41)39-12-6-9-23(39)29(45)34-18-24(32)33/h3-5,7-8,17,21,23-24H,2,6,9-16,18-19H2,1H3,(H,34,45)(H,35,44)(H,42,43)/t21-,23-/m0/s1. The predicted octanol–water partition coefficient (Wildman–Crippen LogP) is 0.887. The van der Waals surface area contributed by atoms with E-state index in [1.807, 2.05) is 0 Å². The molecule has 1 aromatic carbocycles. The van der Waals surface area contributed by atoms with Crippen molar-refractivity contribution in [2.45, 2.75) is 51.1 Å². The maximum Gasteiger partial charge on any atom is 0.409 e. The van der Waals surface area contributed by atoms with Gasteiger partial charge in [-0.15, -0.1) is 0 Å². The molecule has 0 saturated carbocycles. The average molecular weight is 692 g/mol. The number of hydrogen-bond acceptors (Lipinski definition) is 9. The van der Waals surface area contributed by atoms with E-state index in [0.717, 1.165) is 0 Å². The minimum Gasteiger partial charge on any atom is -0.481 e. The van der Waals surface area contributed by atoms with Crippen molar-refractivity contribution in [1.82, 2.24) is 35.1 Å². The number of aliphatic carboxylic acids is 1. The molecule has 2 aliphatic rings. The lowest BCUT2D eigenvalue weighted by Gasteiger charge is -2.35. The van der Waals surface area contributed by atoms with Crippen LogP contribution in [0, 0.1) is 0 Å². The monoisotopic (exact) mass is 691 g/mol. The number of carbonyl (C=O) groups is 6. The fourth-order valence-electron chi connectivity index (χ4n) is 5.49. The van der Waals surface area contributed by atoms with E-state index in [4.69, 9.17) is 9.47 Å². The van der Waals surface area contributed by atoms with Gasteiger partial charge in [0.05, 0.1) is 18.8 Å². The molecule has 4 rings (SSSR count). The van der Waals surface area contributed by atoms with E-state index in [9.17, 15) is 42.7 Å². The lowest BCUT2D eigenvalue weighted by molar-refractivity contribution is -0.140. The molecule has 1 aromatic heterocycles. The summed E-state index contributed by atoms with van der Waals surface area (Å²) in [5.74, 6) is -3.79. The topological polar surface area (TPSA) is 193 Å². The number of alkyl halides is 2. The number of benzene rings is 1. The molecule has 18 heteroatoms. The Labute approximate surface area is 280 Å². The van der Waals surface area contributed by atoms with Crippen LogP contribution < -0.4 is 15.4 Å². The largest absolute Gasteiger partial charge is 0.481 e. The van der Waals surface area contributed by atoms with E-state index >= 15 is 0 Å². The van der Waals surface area contributed by atoms with Gasteiger partial charge >= 0.3 is 12.1 Å². The number of halogens is 2. The first kappa shape index (κ1) is 36.5. The lowest BCUT2D eigenvalue weighted by Crippen LogP contribution is -2.56. The third kappa shape index (κ3) is 9.86. The lowest BCUT2D eigenvalue weighted by atomic mass is 10.1. The maximum absolute atomic E-state index is 13.5. The Balaban J connectivity index is 1.47. The molecular formula is C31H39F2N7O9. The highest BCUT2D eigenvalue weighted by Gasteiger charge is 2.35. The van der Waals surface area contributed by atoms with Crippen molar-refractivity contribution in [3.63, 3.8) is 0 Å². The highest BCUT2D eigenvalue weighted by atomic mass is 19.3. The van der Waals surface area contributed by atoms with Gasteiger partial charge in [0.15, 0.2) is 12.3 Å². The number of para-hydroxylation sites is 1. The number of carboxylic acids is 1. The number of nitrogens with zero attached hydrogens (tertiary/aromatic N) is 5. The van der Waals surface area contributed by atoms with Crippen molar-refractivity contribution in [2.75, 3.05) is 52.5 Å². The Morgan fingerprint density at radius 3 is 2.37 bits per heavy atom. The normalized spacial score (nSPS) is 16.7. The van der Waals surface area contributed by atoms with Crippen molar-refractivity contribution in [3.05, 3.63) is 42.1 Å². The zero-order chi connectivity index (χ0) is 35.5. The first-order valence-corrected chi connectivity index (χ1v) is 15.8. The maximum atomic E-state index is 13.5. The first-order valence-electron chi connectivity index (χ1n) is 15.8. The summed E-state index contributed by atoms with van der Waals surface area (Å²) in [5.41, 5.74) is 0.268. The van der Waals surface area contributed by atoms with E-state index in [-0.39, 0.29) is 57.3 Å². The molecule has 3 N–H and O–H groups in total. The van der Waals surface area contributed by atoms with Crippen LogP contribution in [0.15, 0.2) is 36.4 Å². The van der Waals surface area contributed by atoms with Crippen molar-refractivity contribution in [2.24, 2.45) is 0 Å². The van der Waals surface area contributed by atoms with E-state index in [1.54, 1.807) is 37.3 Å². The highest BCUT2D eigenvalue weighted by Crippen LogP contribution is 2.22. The van der Waals surface area contributed by atoms with E-state index < -0.39 is 73.8 Å². The minimum atomic E-state index is -2.73. The Bertz CT molecular complexity index is 1500. The van der Waals surface area contributed by atoms with Crippen LogP contribution in [0.3, 0.4) is 0 Å². The Morgan fingerprint density at radius 1 is 1.02 bits per heavy atom. The number of ether oxygens (including phenoxy) is 2. The third-order valence-corrected chi connectivity index (χ3v) is 7.93. The van der Waals surface area contributed by atoms with Crippen LogP contribution in [0.5, 0.6) is 5.88 Å². The fourth-order valence-corrected chi connectivity index (χ4v) is 5.49. The molecule has 0 bridgehead atoms. The second-order valence-corrected chi connectivity index (χ2v) is 11.3. The van der Waals surface area contributed by atoms with E-state index in [2.05, 4.69) is 15.7 Å². The number of likely N-dealkylation sites (tertiary alicyclic amines) is 1. The molecule has 0 unspecified atom stereocenters. The second kappa shape index (κ2) is 17.2. The van der Waals surface area contributed by atoms with Crippen LogP contribution >= 0.6 is 0 Å². The van der Waals surface area contributed by atoms with Crippen LogP contribution in [-0.4, -0.2) is 136 Å². The molecule has 5 amide bonds. The number of hydrogen-bond donors (Lipinski definition) is 3. The molecular weight excluding hydrogens is 652 g/mol. The van der Waals surface area contributed by atoms with Gasteiger partial charge in [0.2, 0.25) is 17.7 Å². The molecule has 3 heterocycles. The smallest absolute Gasteiger partial charge is 0.409 e.